The zero-order valence-corrected chi connectivity index (χ0v) is 17.9. The lowest BCUT2D eigenvalue weighted by atomic mass is 10.1. The molecule has 1 aliphatic heterocycles. The molecule has 0 unspecified atom stereocenters. The van der Waals surface area contributed by atoms with Crippen molar-refractivity contribution in [3.63, 3.8) is 0 Å². The van der Waals surface area contributed by atoms with E-state index in [0.717, 1.165) is 26.4 Å². The highest BCUT2D eigenvalue weighted by molar-refractivity contribution is 7.21. The van der Waals surface area contributed by atoms with E-state index in [4.69, 9.17) is 4.98 Å². The Morgan fingerprint density at radius 2 is 1.59 bits per heavy atom. The lowest BCUT2D eigenvalue weighted by molar-refractivity contribution is -0.139. The van der Waals surface area contributed by atoms with Gasteiger partial charge in [-0.1, -0.05) is 36.4 Å². The van der Waals surface area contributed by atoms with Gasteiger partial charge in [0, 0.05) is 24.0 Å². The Morgan fingerprint density at radius 3 is 2.34 bits per heavy atom. The summed E-state index contributed by atoms with van der Waals surface area (Å²) in [6.07, 6.45) is 0.542. The van der Waals surface area contributed by atoms with Gasteiger partial charge in [0.1, 0.15) is 5.01 Å². The molecule has 1 fully saturated rings. The van der Waals surface area contributed by atoms with Crippen LogP contribution in [-0.2, 0) is 16.1 Å². The van der Waals surface area contributed by atoms with E-state index in [2.05, 4.69) is 5.32 Å². The molecular formula is C25H19N3O3S. The van der Waals surface area contributed by atoms with E-state index >= 15 is 0 Å². The van der Waals surface area contributed by atoms with Crippen LogP contribution in [0.2, 0.25) is 0 Å². The van der Waals surface area contributed by atoms with Gasteiger partial charge in [-0.25, -0.2) is 4.98 Å². The predicted octanol–water partition coefficient (Wildman–Crippen LogP) is 4.86. The van der Waals surface area contributed by atoms with Crippen LogP contribution < -0.4 is 5.32 Å². The van der Waals surface area contributed by atoms with Gasteiger partial charge in [0.15, 0.2) is 0 Å². The number of imide groups is 1. The lowest BCUT2D eigenvalue weighted by Gasteiger charge is -2.14. The van der Waals surface area contributed by atoms with Crippen LogP contribution >= 0.6 is 11.3 Å². The zero-order chi connectivity index (χ0) is 22.1. The van der Waals surface area contributed by atoms with Crippen LogP contribution in [0.1, 0.15) is 28.8 Å². The topological polar surface area (TPSA) is 79.4 Å². The molecule has 0 atom stereocenters. The Kier molecular flexibility index (Phi) is 5.25. The number of hydrogen-bond donors (Lipinski definition) is 1. The second kappa shape index (κ2) is 8.36. The molecule has 1 N–H and O–H groups in total. The molecule has 3 aromatic carbocycles. The van der Waals surface area contributed by atoms with Gasteiger partial charge < -0.3 is 5.32 Å². The largest absolute Gasteiger partial charge is 0.321 e. The molecule has 1 saturated heterocycles. The van der Waals surface area contributed by atoms with Crippen molar-refractivity contribution in [2.24, 2.45) is 0 Å². The number of rotatable bonds is 5. The van der Waals surface area contributed by atoms with Crippen LogP contribution in [0.25, 0.3) is 20.8 Å². The predicted molar refractivity (Wildman–Crippen MR) is 124 cm³/mol. The number of carbonyl (C=O) groups is 3. The van der Waals surface area contributed by atoms with Gasteiger partial charge >= 0.3 is 0 Å². The molecule has 1 aliphatic rings. The van der Waals surface area contributed by atoms with Crippen molar-refractivity contribution >= 4 is 45.0 Å². The minimum Gasteiger partial charge on any atom is -0.321 e. The number of carbonyl (C=O) groups excluding carboxylic acids is 3. The first-order valence-electron chi connectivity index (χ1n) is 10.3. The van der Waals surface area contributed by atoms with Crippen LogP contribution in [0.5, 0.6) is 0 Å². The van der Waals surface area contributed by atoms with E-state index in [0.29, 0.717) is 11.3 Å². The summed E-state index contributed by atoms with van der Waals surface area (Å²) in [7, 11) is 0. The minimum atomic E-state index is -0.238. The van der Waals surface area contributed by atoms with Gasteiger partial charge in [-0.15, -0.1) is 11.3 Å². The average Bonchev–Trinajstić information content (AvgIpc) is 3.38. The number of thiazole rings is 1. The zero-order valence-electron chi connectivity index (χ0n) is 17.1. The van der Waals surface area contributed by atoms with Crippen molar-refractivity contribution in [1.82, 2.24) is 9.88 Å². The van der Waals surface area contributed by atoms with Gasteiger partial charge in [-0.2, -0.15) is 0 Å². The number of hydrogen-bond acceptors (Lipinski definition) is 5. The number of anilines is 1. The maximum Gasteiger partial charge on any atom is 0.255 e. The summed E-state index contributed by atoms with van der Waals surface area (Å²) >= 11 is 1.58. The summed E-state index contributed by atoms with van der Waals surface area (Å²) < 4.78 is 1.09. The first-order valence-corrected chi connectivity index (χ1v) is 11.1. The van der Waals surface area contributed by atoms with Gasteiger partial charge in [0.05, 0.1) is 22.4 Å². The molecule has 0 aliphatic carbocycles. The third-order valence-electron chi connectivity index (χ3n) is 5.41. The summed E-state index contributed by atoms with van der Waals surface area (Å²) in [5, 5.41) is 3.83. The molecule has 0 radical (unpaired) electrons. The summed E-state index contributed by atoms with van der Waals surface area (Å²) in [6.45, 7) is 0.236. The standard InChI is InChI=1S/C25H19N3O3S/c29-22-13-14-23(30)28(22)15-16-9-11-17(12-10-16)24(31)26-19-6-2-1-5-18(19)25-27-20-7-3-4-8-21(20)32-25/h1-12H,13-15H2,(H,26,31). The van der Waals surface area contributed by atoms with Crippen molar-refractivity contribution in [2.75, 3.05) is 5.32 Å². The van der Waals surface area contributed by atoms with E-state index in [1.54, 1.807) is 35.6 Å². The number of likely N-dealkylation sites (tertiary alicyclic amines) is 1. The number of nitrogens with zero attached hydrogens (tertiary/aromatic N) is 2. The second-order valence-electron chi connectivity index (χ2n) is 7.56. The molecule has 158 valence electrons. The second-order valence-corrected chi connectivity index (χ2v) is 8.59. The summed E-state index contributed by atoms with van der Waals surface area (Å²) in [5.41, 5.74) is 3.78. The molecule has 0 bridgehead atoms. The smallest absolute Gasteiger partial charge is 0.255 e. The maximum atomic E-state index is 12.9. The number of para-hydroxylation sites is 2. The summed E-state index contributed by atoms with van der Waals surface area (Å²) in [4.78, 5) is 42.5. The fraction of sp³-hybridized carbons (Fsp3) is 0.120. The third kappa shape index (κ3) is 3.90. The minimum absolute atomic E-state index is 0.150. The Hall–Kier alpha value is -3.84. The highest BCUT2D eigenvalue weighted by atomic mass is 32.1. The molecule has 4 aromatic rings. The Bertz CT molecular complexity index is 1300. The molecule has 32 heavy (non-hydrogen) atoms. The first-order chi connectivity index (χ1) is 15.6. The quantitative estimate of drug-likeness (QED) is 0.449. The van der Waals surface area contributed by atoms with Crippen molar-refractivity contribution < 1.29 is 14.4 Å². The number of benzene rings is 3. The fourth-order valence-electron chi connectivity index (χ4n) is 3.70. The van der Waals surface area contributed by atoms with E-state index < -0.39 is 0 Å². The Balaban J connectivity index is 1.34. The summed E-state index contributed by atoms with van der Waals surface area (Å²) in [5.74, 6) is -0.537. The molecule has 0 spiro atoms. The normalized spacial score (nSPS) is 13.7. The van der Waals surface area contributed by atoms with Crippen LogP contribution in [0.3, 0.4) is 0 Å². The molecule has 7 heteroatoms. The molecular weight excluding hydrogens is 422 g/mol. The van der Waals surface area contributed by atoms with E-state index in [-0.39, 0.29) is 37.1 Å². The monoisotopic (exact) mass is 441 g/mol. The van der Waals surface area contributed by atoms with Gasteiger partial charge in [-0.05, 0) is 42.0 Å². The van der Waals surface area contributed by atoms with E-state index in [9.17, 15) is 14.4 Å². The van der Waals surface area contributed by atoms with Crippen molar-refractivity contribution in [3.05, 3.63) is 83.9 Å². The number of aromatic nitrogens is 1. The molecule has 6 nitrogen and oxygen atoms in total. The summed E-state index contributed by atoms with van der Waals surface area (Å²) in [6, 6.07) is 22.5. The van der Waals surface area contributed by atoms with Crippen LogP contribution in [-0.4, -0.2) is 27.6 Å². The molecule has 1 aromatic heterocycles. The maximum absolute atomic E-state index is 12.9. The molecule has 3 amide bonds. The average molecular weight is 442 g/mol. The van der Waals surface area contributed by atoms with Crippen LogP contribution in [0.15, 0.2) is 72.8 Å². The molecule has 5 rings (SSSR count). The van der Waals surface area contributed by atoms with Crippen LogP contribution in [0, 0.1) is 0 Å². The highest BCUT2D eigenvalue weighted by Gasteiger charge is 2.28. The number of amides is 3. The van der Waals surface area contributed by atoms with Crippen LogP contribution in [0.4, 0.5) is 5.69 Å². The number of nitrogens with one attached hydrogen (secondary N) is 1. The van der Waals surface area contributed by atoms with Crippen molar-refractivity contribution in [2.45, 2.75) is 19.4 Å². The number of fused-ring (bicyclic) bond motifs is 1. The lowest BCUT2D eigenvalue weighted by Crippen LogP contribution is -2.28. The van der Waals surface area contributed by atoms with Gasteiger partial charge in [-0.3, -0.25) is 19.3 Å². The highest BCUT2D eigenvalue weighted by Crippen LogP contribution is 2.34. The van der Waals surface area contributed by atoms with E-state index in [1.165, 1.54) is 4.90 Å². The molecule has 0 saturated carbocycles. The van der Waals surface area contributed by atoms with Gasteiger partial charge in [0.2, 0.25) is 11.8 Å². The van der Waals surface area contributed by atoms with Crippen molar-refractivity contribution in [1.29, 1.82) is 0 Å². The fourth-order valence-corrected chi connectivity index (χ4v) is 4.71. The third-order valence-corrected chi connectivity index (χ3v) is 6.48. The molecule has 2 heterocycles. The first kappa shape index (κ1) is 20.1. The van der Waals surface area contributed by atoms with Gasteiger partial charge in [0.25, 0.3) is 5.91 Å². The van der Waals surface area contributed by atoms with Crippen molar-refractivity contribution in [3.8, 4) is 10.6 Å². The Morgan fingerprint density at radius 1 is 0.906 bits per heavy atom. The Labute approximate surface area is 188 Å². The SMILES string of the molecule is O=C(Nc1ccccc1-c1nc2ccccc2s1)c1ccc(CN2C(=O)CCC2=O)cc1. The van der Waals surface area contributed by atoms with E-state index in [1.807, 2.05) is 48.5 Å².